The predicted octanol–water partition coefficient (Wildman–Crippen LogP) is 2.23. The summed E-state index contributed by atoms with van der Waals surface area (Å²) in [5, 5.41) is 0. The third-order valence-corrected chi connectivity index (χ3v) is 3.38. The topological polar surface area (TPSA) is 76.0 Å². The molecule has 0 aliphatic rings. The van der Waals surface area contributed by atoms with Gasteiger partial charge >= 0.3 is 0 Å². The van der Waals surface area contributed by atoms with Gasteiger partial charge in [0.15, 0.2) is 0 Å². The van der Waals surface area contributed by atoms with Gasteiger partial charge < -0.3 is 0 Å². The fourth-order valence-electron chi connectivity index (χ4n) is 2.16. The molecule has 3 aromatic rings. The van der Waals surface area contributed by atoms with Crippen molar-refractivity contribution in [1.29, 1.82) is 0 Å². The van der Waals surface area contributed by atoms with E-state index in [2.05, 4.69) is 15.8 Å². The van der Waals surface area contributed by atoms with Crippen molar-refractivity contribution in [2.24, 2.45) is 0 Å². The molecule has 2 N–H and O–H groups in total. The third kappa shape index (κ3) is 3.52. The fourth-order valence-corrected chi connectivity index (χ4v) is 2.16. The summed E-state index contributed by atoms with van der Waals surface area (Å²) in [4.78, 5) is 28.0. The molecular formula is C17H12F2N4O2. The largest absolute Gasteiger partial charge is 0.295 e. The lowest BCUT2D eigenvalue weighted by Crippen LogP contribution is -2.42. The molecule has 0 aliphatic heterocycles. The van der Waals surface area contributed by atoms with E-state index in [1.165, 1.54) is 59.6 Å². The zero-order chi connectivity index (χ0) is 17.8. The molecule has 0 saturated heterocycles. The van der Waals surface area contributed by atoms with E-state index >= 15 is 0 Å². The molecule has 25 heavy (non-hydrogen) atoms. The minimum atomic E-state index is -0.792. The number of hydrazine groups is 1. The second-order valence-corrected chi connectivity index (χ2v) is 5.01. The quantitative estimate of drug-likeness (QED) is 0.717. The molecule has 0 aliphatic carbocycles. The lowest BCUT2D eigenvalue weighted by atomic mass is 10.2. The molecule has 0 atom stereocenters. The number of hydrogen-bond donors (Lipinski definition) is 2. The molecule has 6 nitrogen and oxygen atoms in total. The van der Waals surface area contributed by atoms with Gasteiger partial charge in [-0.25, -0.2) is 13.8 Å². The van der Waals surface area contributed by atoms with Crippen molar-refractivity contribution in [3.63, 3.8) is 0 Å². The molecule has 3 rings (SSSR count). The molecule has 0 spiro atoms. The first-order chi connectivity index (χ1) is 12.1. The average molecular weight is 342 g/mol. The lowest BCUT2D eigenvalue weighted by Gasteiger charge is -2.10. The second kappa shape index (κ2) is 6.91. The van der Waals surface area contributed by atoms with Crippen LogP contribution in [0.1, 0.15) is 20.8 Å². The highest BCUT2D eigenvalue weighted by atomic mass is 19.1. The van der Waals surface area contributed by atoms with Crippen LogP contribution in [-0.4, -0.2) is 21.4 Å². The van der Waals surface area contributed by atoms with Gasteiger partial charge in [-0.2, -0.15) is 0 Å². The van der Waals surface area contributed by atoms with Crippen molar-refractivity contribution in [2.75, 3.05) is 0 Å². The molecular weight excluding hydrogens is 330 g/mol. The Kier molecular flexibility index (Phi) is 4.51. The minimum absolute atomic E-state index is 0.112. The number of benzene rings is 2. The molecule has 1 aromatic heterocycles. The Labute approximate surface area is 141 Å². The van der Waals surface area contributed by atoms with Gasteiger partial charge in [0.2, 0.25) is 0 Å². The van der Waals surface area contributed by atoms with Crippen LogP contribution < -0.4 is 10.9 Å². The number of nitrogens with one attached hydrogen (secondary N) is 2. The Bertz CT molecular complexity index is 922. The van der Waals surface area contributed by atoms with E-state index in [0.29, 0.717) is 5.69 Å². The van der Waals surface area contributed by atoms with Crippen LogP contribution in [0.15, 0.2) is 61.1 Å². The Morgan fingerprint density at radius 3 is 2.32 bits per heavy atom. The summed E-state index contributed by atoms with van der Waals surface area (Å²) in [5.41, 5.74) is 4.76. The van der Waals surface area contributed by atoms with Crippen LogP contribution in [0.3, 0.4) is 0 Å². The van der Waals surface area contributed by atoms with Crippen LogP contribution >= 0.6 is 0 Å². The van der Waals surface area contributed by atoms with Crippen LogP contribution in [0.2, 0.25) is 0 Å². The summed E-state index contributed by atoms with van der Waals surface area (Å²) in [6, 6.07) is 10.8. The molecule has 0 bridgehead atoms. The van der Waals surface area contributed by atoms with E-state index in [1.807, 2.05) is 0 Å². The highest BCUT2D eigenvalue weighted by Gasteiger charge is 2.16. The Balaban J connectivity index is 1.73. The summed E-state index contributed by atoms with van der Waals surface area (Å²) in [6.07, 6.45) is 2.66. The Hall–Kier alpha value is -3.55. The van der Waals surface area contributed by atoms with E-state index in [0.717, 1.165) is 6.07 Å². The van der Waals surface area contributed by atoms with Crippen molar-refractivity contribution in [3.8, 4) is 5.69 Å². The standard InChI is InChI=1S/C17H12F2N4O2/c18-11-5-7-12(8-6-11)23-10-20-9-15(23)17(25)22-21-16(24)13-3-1-2-4-14(13)19/h1-10H,(H,21,24)(H,22,25). The highest BCUT2D eigenvalue weighted by molar-refractivity contribution is 5.98. The number of amides is 2. The van der Waals surface area contributed by atoms with Crippen molar-refractivity contribution in [1.82, 2.24) is 20.4 Å². The number of aromatic nitrogens is 2. The molecule has 0 unspecified atom stereocenters. The summed E-state index contributed by atoms with van der Waals surface area (Å²) in [6.45, 7) is 0. The van der Waals surface area contributed by atoms with Crippen molar-refractivity contribution in [3.05, 3.63) is 83.9 Å². The minimum Gasteiger partial charge on any atom is -0.295 e. The van der Waals surface area contributed by atoms with Gasteiger partial charge in [-0.15, -0.1) is 0 Å². The second-order valence-electron chi connectivity index (χ2n) is 5.01. The number of imidazole rings is 1. The first kappa shape index (κ1) is 16.3. The first-order valence-electron chi connectivity index (χ1n) is 7.20. The predicted molar refractivity (Wildman–Crippen MR) is 84.9 cm³/mol. The van der Waals surface area contributed by atoms with Crippen molar-refractivity contribution >= 4 is 11.8 Å². The number of carbonyl (C=O) groups is 2. The maximum Gasteiger partial charge on any atom is 0.288 e. The van der Waals surface area contributed by atoms with Gasteiger partial charge in [-0.3, -0.25) is 25.0 Å². The molecule has 0 fully saturated rings. The van der Waals surface area contributed by atoms with Gasteiger partial charge in [0.25, 0.3) is 11.8 Å². The molecule has 8 heteroatoms. The number of nitrogens with zero attached hydrogens (tertiary/aromatic N) is 2. The van der Waals surface area contributed by atoms with E-state index in [1.54, 1.807) is 0 Å². The Morgan fingerprint density at radius 1 is 0.920 bits per heavy atom. The van der Waals surface area contributed by atoms with Crippen LogP contribution in [0.25, 0.3) is 5.69 Å². The maximum atomic E-state index is 13.5. The van der Waals surface area contributed by atoms with Gasteiger partial charge in [0.1, 0.15) is 17.3 Å². The van der Waals surface area contributed by atoms with Gasteiger partial charge in [0.05, 0.1) is 18.1 Å². The Morgan fingerprint density at radius 2 is 1.60 bits per heavy atom. The number of halogens is 2. The maximum absolute atomic E-state index is 13.5. The van der Waals surface area contributed by atoms with Gasteiger partial charge in [0, 0.05) is 5.69 Å². The van der Waals surface area contributed by atoms with E-state index < -0.39 is 23.4 Å². The van der Waals surface area contributed by atoms with E-state index in [4.69, 9.17) is 0 Å². The molecule has 2 amide bonds. The van der Waals surface area contributed by atoms with Crippen LogP contribution in [-0.2, 0) is 0 Å². The molecule has 2 aromatic carbocycles. The van der Waals surface area contributed by atoms with Crippen molar-refractivity contribution < 1.29 is 18.4 Å². The highest BCUT2D eigenvalue weighted by Crippen LogP contribution is 2.12. The smallest absolute Gasteiger partial charge is 0.288 e. The number of rotatable bonds is 3. The molecule has 126 valence electrons. The summed E-state index contributed by atoms with van der Waals surface area (Å²) >= 11 is 0. The lowest BCUT2D eigenvalue weighted by molar-refractivity contribution is 0.0840. The zero-order valence-corrected chi connectivity index (χ0v) is 12.7. The zero-order valence-electron chi connectivity index (χ0n) is 12.7. The summed E-state index contributed by atoms with van der Waals surface area (Å²) in [7, 11) is 0. The van der Waals surface area contributed by atoms with Gasteiger partial charge in [-0.05, 0) is 36.4 Å². The average Bonchev–Trinajstić information content (AvgIpc) is 3.10. The first-order valence-corrected chi connectivity index (χ1v) is 7.20. The van der Waals surface area contributed by atoms with Crippen LogP contribution in [0.5, 0.6) is 0 Å². The molecule has 1 heterocycles. The normalized spacial score (nSPS) is 10.3. The van der Waals surface area contributed by atoms with E-state index in [9.17, 15) is 18.4 Å². The van der Waals surface area contributed by atoms with Crippen LogP contribution in [0.4, 0.5) is 8.78 Å². The monoisotopic (exact) mass is 342 g/mol. The van der Waals surface area contributed by atoms with E-state index in [-0.39, 0.29) is 11.3 Å². The van der Waals surface area contributed by atoms with Crippen molar-refractivity contribution in [2.45, 2.75) is 0 Å². The number of carbonyl (C=O) groups excluding carboxylic acids is 2. The molecule has 0 radical (unpaired) electrons. The van der Waals surface area contributed by atoms with Gasteiger partial charge in [-0.1, -0.05) is 12.1 Å². The van der Waals surface area contributed by atoms with Crippen LogP contribution in [0, 0.1) is 11.6 Å². The summed E-state index contributed by atoms with van der Waals surface area (Å²) < 4.78 is 28.0. The third-order valence-electron chi connectivity index (χ3n) is 3.38. The SMILES string of the molecule is O=C(NNC(=O)c1cncn1-c1ccc(F)cc1)c1ccccc1F. The fraction of sp³-hybridized carbons (Fsp3) is 0. The summed E-state index contributed by atoms with van der Waals surface area (Å²) in [5.74, 6) is -2.57. The molecule has 0 saturated carbocycles. The number of hydrogen-bond acceptors (Lipinski definition) is 3.